The molecule has 0 unspecified atom stereocenters. The van der Waals surface area contributed by atoms with Crippen molar-refractivity contribution in [1.82, 2.24) is 0 Å². The van der Waals surface area contributed by atoms with E-state index < -0.39 is 5.83 Å². The van der Waals surface area contributed by atoms with Gasteiger partial charge in [0, 0.05) is 11.1 Å². The lowest BCUT2D eigenvalue weighted by atomic mass is 10.4. The van der Waals surface area contributed by atoms with E-state index in [4.69, 9.17) is 11.6 Å². The van der Waals surface area contributed by atoms with Crippen molar-refractivity contribution in [2.45, 2.75) is 0 Å². The summed E-state index contributed by atoms with van der Waals surface area (Å²) in [6.45, 7) is 3.17. The summed E-state index contributed by atoms with van der Waals surface area (Å²) < 4.78 is 23.2. The minimum Gasteiger partial charge on any atom is -0.215 e. The van der Waals surface area contributed by atoms with E-state index >= 15 is 0 Å². The average molecular weight is 151 g/mol. The molecule has 0 aliphatic heterocycles. The summed E-state index contributed by atoms with van der Waals surface area (Å²) in [5.74, 6) is -0.752. The zero-order chi connectivity index (χ0) is 7.28. The summed E-state index contributed by atoms with van der Waals surface area (Å²) >= 11 is 5.14. The molecule has 0 atom stereocenters. The molecule has 0 heterocycles. The summed E-state index contributed by atoms with van der Waals surface area (Å²) in [6, 6.07) is 0. The fourth-order valence-electron chi connectivity index (χ4n) is 0.258. The number of hydrogen-bond donors (Lipinski definition) is 0. The predicted octanol–water partition coefficient (Wildman–Crippen LogP) is 3.08. The second-order valence-electron chi connectivity index (χ2n) is 1.27. The first-order chi connectivity index (χ1) is 4.16. The fraction of sp³-hybridized carbons (Fsp3) is 0. The largest absolute Gasteiger partial charge is 0.215 e. The Morgan fingerprint density at radius 1 is 1.56 bits per heavy atom. The first-order valence-electron chi connectivity index (χ1n) is 2.15. The Labute approximate surface area is 57.1 Å². The molecule has 50 valence electrons. The molecule has 0 bridgehead atoms. The number of halogens is 3. The summed E-state index contributed by atoms with van der Waals surface area (Å²) in [6.07, 6.45) is 1.65. The molecule has 0 aromatic rings. The zero-order valence-electron chi connectivity index (χ0n) is 4.57. The minimum atomic E-state index is -0.752. The summed E-state index contributed by atoms with van der Waals surface area (Å²) in [5, 5.41) is 0.0330. The van der Waals surface area contributed by atoms with Crippen molar-refractivity contribution < 1.29 is 8.78 Å². The van der Waals surface area contributed by atoms with Gasteiger partial charge in [-0.15, -0.1) is 0 Å². The normalized spacial score (nSPS) is 12.6. The Balaban J connectivity index is 4.00. The first kappa shape index (κ1) is 8.37. The third kappa shape index (κ3) is 5.24. The van der Waals surface area contributed by atoms with E-state index in [2.05, 4.69) is 6.58 Å². The van der Waals surface area contributed by atoms with Gasteiger partial charge in [-0.3, -0.25) is 0 Å². The molecule has 0 saturated carbocycles. The van der Waals surface area contributed by atoms with E-state index in [1.807, 2.05) is 0 Å². The molecule has 0 nitrogen and oxygen atoms in total. The maximum absolute atomic E-state index is 12.0. The third-order valence-corrected chi connectivity index (χ3v) is 0.626. The van der Waals surface area contributed by atoms with Crippen LogP contribution in [0.25, 0.3) is 0 Å². The lowest BCUT2D eigenvalue weighted by Crippen LogP contribution is -1.63. The maximum Gasteiger partial charge on any atom is 0.126 e. The topological polar surface area (TPSA) is 0 Å². The van der Waals surface area contributed by atoms with Crippen LogP contribution in [0.2, 0.25) is 0 Å². The second kappa shape index (κ2) is 4.27. The number of hydrogen-bond acceptors (Lipinski definition) is 0. The van der Waals surface area contributed by atoms with Gasteiger partial charge >= 0.3 is 0 Å². The van der Waals surface area contributed by atoms with Gasteiger partial charge in [-0.05, 0) is 6.08 Å². The number of rotatable bonds is 2. The highest BCUT2D eigenvalue weighted by atomic mass is 35.5. The Morgan fingerprint density at radius 2 is 2.11 bits per heavy atom. The Morgan fingerprint density at radius 3 is 2.44 bits per heavy atom. The van der Waals surface area contributed by atoms with Crippen LogP contribution in [-0.4, -0.2) is 0 Å². The smallest absolute Gasteiger partial charge is 0.126 e. The summed E-state index contributed by atoms with van der Waals surface area (Å²) in [4.78, 5) is 0. The highest BCUT2D eigenvalue weighted by molar-refractivity contribution is 6.30. The Hall–Kier alpha value is -0.630. The van der Waals surface area contributed by atoms with Crippen molar-refractivity contribution in [3.8, 4) is 0 Å². The van der Waals surface area contributed by atoms with Gasteiger partial charge in [0.2, 0.25) is 0 Å². The van der Waals surface area contributed by atoms with E-state index in [9.17, 15) is 8.78 Å². The van der Waals surface area contributed by atoms with Crippen LogP contribution in [-0.2, 0) is 0 Å². The standard InChI is InChI=1S/C6H5ClF2/c1-5(7)4-6(9)2-3-8/h2-4H,1H2/b3-2-,6-4+. The molecular formula is C6H5ClF2. The highest BCUT2D eigenvalue weighted by Gasteiger charge is 1.86. The third-order valence-electron chi connectivity index (χ3n) is 0.517. The van der Waals surface area contributed by atoms with Gasteiger partial charge in [0.1, 0.15) is 5.83 Å². The second-order valence-corrected chi connectivity index (χ2v) is 1.75. The zero-order valence-corrected chi connectivity index (χ0v) is 5.33. The Bertz CT molecular complexity index is 158. The lowest BCUT2D eigenvalue weighted by molar-refractivity contribution is 0.652. The van der Waals surface area contributed by atoms with E-state index in [1.54, 1.807) is 0 Å². The van der Waals surface area contributed by atoms with Crippen LogP contribution in [0.15, 0.2) is 35.9 Å². The van der Waals surface area contributed by atoms with E-state index in [-0.39, 0.29) is 11.4 Å². The molecule has 9 heavy (non-hydrogen) atoms. The van der Waals surface area contributed by atoms with E-state index in [1.165, 1.54) is 0 Å². The monoisotopic (exact) mass is 150 g/mol. The minimum absolute atomic E-state index is 0.0330. The first-order valence-corrected chi connectivity index (χ1v) is 2.53. The lowest BCUT2D eigenvalue weighted by Gasteiger charge is -1.82. The van der Waals surface area contributed by atoms with Gasteiger partial charge < -0.3 is 0 Å². The van der Waals surface area contributed by atoms with Gasteiger partial charge in [-0.1, -0.05) is 18.2 Å². The van der Waals surface area contributed by atoms with Crippen LogP contribution in [0.5, 0.6) is 0 Å². The molecule has 0 fully saturated rings. The van der Waals surface area contributed by atoms with Gasteiger partial charge in [0.25, 0.3) is 0 Å². The molecule has 0 saturated heterocycles. The molecule has 0 radical (unpaired) electrons. The molecule has 0 aromatic heterocycles. The molecule has 0 rings (SSSR count). The van der Waals surface area contributed by atoms with Crippen molar-refractivity contribution in [3.05, 3.63) is 35.9 Å². The quantitative estimate of drug-likeness (QED) is 0.531. The molecule has 0 N–H and O–H groups in total. The van der Waals surface area contributed by atoms with E-state index in [0.29, 0.717) is 6.08 Å². The predicted molar refractivity (Wildman–Crippen MR) is 34.4 cm³/mol. The highest BCUT2D eigenvalue weighted by Crippen LogP contribution is 2.06. The Kier molecular flexibility index (Phi) is 3.97. The number of allylic oxidation sites excluding steroid dienone is 4. The SMILES string of the molecule is C=C(Cl)/C=C(F)\C=C/F. The van der Waals surface area contributed by atoms with Gasteiger partial charge in [-0.2, -0.15) is 0 Å². The van der Waals surface area contributed by atoms with E-state index in [0.717, 1.165) is 6.08 Å². The van der Waals surface area contributed by atoms with Gasteiger partial charge in [0.15, 0.2) is 0 Å². The van der Waals surface area contributed by atoms with Gasteiger partial charge in [-0.25, -0.2) is 8.78 Å². The summed E-state index contributed by atoms with van der Waals surface area (Å²) in [5.41, 5.74) is 0. The molecular weight excluding hydrogens is 146 g/mol. The van der Waals surface area contributed by atoms with Crippen LogP contribution in [0.4, 0.5) is 8.78 Å². The average Bonchev–Trinajstić information content (AvgIpc) is 1.63. The van der Waals surface area contributed by atoms with Crippen LogP contribution in [0, 0.1) is 0 Å². The van der Waals surface area contributed by atoms with Crippen molar-refractivity contribution in [1.29, 1.82) is 0 Å². The molecule has 0 aromatic carbocycles. The molecule has 0 amide bonds. The molecule has 0 spiro atoms. The van der Waals surface area contributed by atoms with Crippen molar-refractivity contribution in [2.24, 2.45) is 0 Å². The van der Waals surface area contributed by atoms with Crippen molar-refractivity contribution in [3.63, 3.8) is 0 Å². The summed E-state index contributed by atoms with van der Waals surface area (Å²) in [7, 11) is 0. The van der Waals surface area contributed by atoms with Crippen LogP contribution in [0.1, 0.15) is 0 Å². The maximum atomic E-state index is 12.0. The van der Waals surface area contributed by atoms with Crippen molar-refractivity contribution in [2.75, 3.05) is 0 Å². The van der Waals surface area contributed by atoms with Crippen LogP contribution in [0.3, 0.4) is 0 Å². The molecule has 3 heteroatoms. The molecule has 0 aliphatic rings. The van der Waals surface area contributed by atoms with Gasteiger partial charge in [0.05, 0.1) is 6.33 Å². The van der Waals surface area contributed by atoms with Crippen LogP contribution >= 0.6 is 11.6 Å². The molecule has 0 aliphatic carbocycles. The fourth-order valence-corrected chi connectivity index (χ4v) is 0.362. The van der Waals surface area contributed by atoms with Crippen LogP contribution < -0.4 is 0 Å². The van der Waals surface area contributed by atoms with Crippen molar-refractivity contribution >= 4 is 11.6 Å².